The summed E-state index contributed by atoms with van der Waals surface area (Å²) in [5.74, 6) is 1.40. The van der Waals surface area contributed by atoms with E-state index in [0.717, 1.165) is 25.8 Å². The molecule has 2 heterocycles. The standard InChI is InChI=1S/C12H24N2O.2ClH/c1-9(2)11-7-14(8-12(11)13)10-3-5-15-6-4-10;;/h9-12H,3-8,13H2,1-2H3;2*1H/t11-,12+;;/m1../s1. The minimum absolute atomic E-state index is 0. The van der Waals surface area contributed by atoms with E-state index in [0.29, 0.717) is 17.9 Å². The molecule has 0 amide bonds. The van der Waals surface area contributed by atoms with E-state index in [2.05, 4.69) is 18.7 Å². The Morgan fingerprint density at radius 3 is 2.18 bits per heavy atom. The number of likely N-dealkylation sites (tertiary alicyclic amines) is 1. The van der Waals surface area contributed by atoms with E-state index in [1.54, 1.807) is 0 Å². The van der Waals surface area contributed by atoms with Crippen LogP contribution in [0.1, 0.15) is 26.7 Å². The molecule has 104 valence electrons. The topological polar surface area (TPSA) is 38.5 Å². The number of rotatable bonds is 2. The molecule has 0 aromatic carbocycles. The molecule has 0 aliphatic carbocycles. The normalized spacial score (nSPS) is 31.1. The summed E-state index contributed by atoms with van der Waals surface area (Å²) in [6.45, 7) is 8.73. The van der Waals surface area contributed by atoms with Gasteiger partial charge in [-0.1, -0.05) is 13.8 Å². The first-order valence-corrected chi connectivity index (χ1v) is 6.26. The molecule has 2 saturated heterocycles. The van der Waals surface area contributed by atoms with Gasteiger partial charge in [-0.15, -0.1) is 24.8 Å². The van der Waals surface area contributed by atoms with E-state index >= 15 is 0 Å². The van der Waals surface area contributed by atoms with Crippen molar-refractivity contribution in [1.82, 2.24) is 4.90 Å². The van der Waals surface area contributed by atoms with E-state index < -0.39 is 0 Å². The second kappa shape index (κ2) is 7.80. The molecule has 0 aromatic heterocycles. The van der Waals surface area contributed by atoms with Gasteiger partial charge in [0.25, 0.3) is 0 Å². The fraction of sp³-hybridized carbons (Fsp3) is 1.00. The molecular weight excluding hydrogens is 259 g/mol. The number of nitrogens with zero attached hydrogens (tertiary/aromatic N) is 1. The Bertz CT molecular complexity index is 211. The molecule has 2 aliphatic heterocycles. The van der Waals surface area contributed by atoms with Gasteiger partial charge in [0, 0.05) is 38.4 Å². The maximum absolute atomic E-state index is 6.20. The molecule has 5 heteroatoms. The van der Waals surface area contributed by atoms with Crippen molar-refractivity contribution < 1.29 is 4.74 Å². The Hall–Kier alpha value is 0.460. The van der Waals surface area contributed by atoms with Crippen molar-refractivity contribution in [2.24, 2.45) is 17.6 Å². The van der Waals surface area contributed by atoms with Crippen molar-refractivity contribution in [3.63, 3.8) is 0 Å². The quantitative estimate of drug-likeness (QED) is 0.842. The number of hydrogen-bond donors (Lipinski definition) is 1. The summed E-state index contributed by atoms with van der Waals surface area (Å²) in [7, 11) is 0. The molecule has 2 rings (SSSR count). The van der Waals surface area contributed by atoms with Gasteiger partial charge < -0.3 is 10.5 Å². The first-order chi connectivity index (χ1) is 7.18. The fourth-order valence-electron chi connectivity index (χ4n) is 2.94. The predicted molar refractivity (Wildman–Crippen MR) is 76.2 cm³/mol. The van der Waals surface area contributed by atoms with Crippen molar-refractivity contribution in [3.8, 4) is 0 Å². The molecule has 0 aromatic rings. The van der Waals surface area contributed by atoms with Gasteiger partial charge in [0.2, 0.25) is 0 Å². The summed E-state index contributed by atoms with van der Waals surface area (Å²) < 4.78 is 5.40. The lowest BCUT2D eigenvalue weighted by Gasteiger charge is -2.31. The van der Waals surface area contributed by atoms with Gasteiger partial charge in [0.05, 0.1) is 0 Å². The van der Waals surface area contributed by atoms with Crippen molar-refractivity contribution >= 4 is 24.8 Å². The molecule has 2 N–H and O–H groups in total. The average Bonchev–Trinajstić information content (AvgIpc) is 2.62. The zero-order valence-corrected chi connectivity index (χ0v) is 12.4. The van der Waals surface area contributed by atoms with E-state index in [1.807, 2.05) is 0 Å². The Morgan fingerprint density at radius 1 is 1.12 bits per heavy atom. The molecule has 17 heavy (non-hydrogen) atoms. The second-order valence-electron chi connectivity index (χ2n) is 5.37. The van der Waals surface area contributed by atoms with Crippen LogP contribution in [0.3, 0.4) is 0 Å². The maximum Gasteiger partial charge on any atom is 0.0480 e. The van der Waals surface area contributed by atoms with E-state index in [9.17, 15) is 0 Å². The molecule has 2 fully saturated rings. The number of halogens is 2. The summed E-state index contributed by atoms with van der Waals surface area (Å²) in [5, 5.41) is 0. The Kier molecular flexibility index (Phi) is 8.01. The van der Waals surface area contributed by atoms with E-state index in [1.165, 1.54) is 19.4 Å². The van der Waals surface area contributed by atoms with Gasteiger partial charge >= 0.3 is 0 Å². The highest BCUT2D eigenvalue weighted by atomic mass is 35.5. The van der Waals surface area contributed by atoms with Gasteiger partial charge in [-0.3, -0.25) is 4.90 Å². The van der Waals surface area contributed by atoms with E-state index in [4.69, 9.17) is 10.5 Å². The predicted octanol–water partition coefficient (Wildman–Crippen LogP) is 1.92. The third kappa shape index (κ3) is 4.25. The van der Waals surface area contributed by atoms with Crippen LogP contribution in [-0.2, 0) is 4.74 Å². The number of nitrogens with two attached hydrogens (primary N) is 1. The average molecular weight is 285 g/mol. The third-order valence-corrected chi connectivity index (χ3v) is 4.00. The Balaban J connectivity index is 0.00000128. The van der Waals surface area contributed by atoms with Crippen LogP contribution in [0, 0.1) is 11.8 Å². The third-order valence-electron chi connectivity index (χ3n) is 4.00. The maximum atomic E-state index is 6.20. The first-order valence-electron chi connectivity index (χ1n) is 6.26. The van der Waals surface area contributed by atoms with Crippen molar-refractivity contribution in [2.75, 3.05) is 26.3 Å². The molecule has 0 unspecified atom stereocenters. The van der Waals surface area contributed by atoms with Gasteiger partial charge in [-0.05, 0) is 24.7 Å². The lowest BCUT2D eigenvalue weighted by Crippen LogP contribution is -2.39. The van der Waals surface area contributed by atoms with Crippen LogP contribution in [0.2, 0.25) is 0 Å². The van der Waals surface area contributed by atoms with Gasteiger partial charge in [0.15, 0.2) is 0 Å². The van der Waals surface area contributed by atoms with Crippen LogP contribution in [0.5, 0.6) is 0 Å². The van der Waals surface area contributed by atoms with E-state index in [-0.39, 0.29) is 24.8 Å². The minimum atomic E-state index is 0. The minimum Gasteiger partial charge on any atom is -0.381 e. The Morgan fingerprint density at radius 2 is 1.71 bits per heavy atom. The van der Waals surface area contributed by atoms with Gasteiger partial charge in [-0.25, -0.2) is 0 Å². The summed E-state index contributed by atoms with van der Waals surface area (Å²) >= 11 is 0. The molecule has 0 radical (unpaired) electrons. The first kappa shape index (κ1) is 17.5. The lowest BCUT2D eigenvalue weighted by molar-refractivity contribution is 0.0403. The van der Waals surface area contributed by atoms with Crippen LogP contribution in [0.25, 0.3) is 0 Å². The zero-order chi connectivity index (χ0) is 10.8. The molecule has 0 saturated carbocycles. The summed E-state index contributed by atoms with van der Waals surface area (Å²) in [5.41, 5.74) is 6.20. The summed E-state index contributed by atoms with van der Waals surface area (Å²) in [4.78, 5) is 2.60. The lowest BCUT2D eigenvalue weighted by atomic mass is 9.92. The molecule has 3 nitrogen and oxygen atoms in total. The highest BCUT2D eigenvalue weighted by Gasteiger charge is 2.35. The van der Waals surface area contributed by atoms with Gasteiger partial charge in [-0.2, -0.15) is 0 Å². The smallest absolute Gasteiger partial charge is 0.0480 e. The monoisotopic (exact) mass is 284 g/mol. The number of ether oxygens (including phenoxy) is 1. The van der Waals surface area contributed by atoms with Crippen molar-refractivity contribution in [1.29, 1.82) is 0 Å². The van der Waals surface area contributed by atoms with Crippen LogP contribution in [-0.4, -0.2) is 43.3 Å². The molecule has 2 atom stereocenters. The summed E-state index contributed by atoms with van der Waals surface area (Å²) in [6, 6.07) is 1.11. The summed E-state index contributed by atoms with van der Waals surface area (Å²) in [6.07, 6.45) is 2.38. The fourth-order valence-corrected chi connectivity index (χ4v) is 2.94. The zero-order valence-electron chi connectivity index (χ0n) is 10.8. The largest absolute Gasteiger partial charge is 0.381 e. The van der Waals surface area contributed by atoms with Gasteiger partial charge in [0.1, 0.15) is 0 Å². The van der Waals surface area contributed by atoms with Crippen molar-refractivity contribution in [3.05, 3.63) is 0 Å². The second-order valence-corrected chi connectivity index (χ2v) is 5.37. The SMILES string of the molecule is CC(C)[C@H]1CN(C2CCOCC2)C[C@@H]1N.Cl.Cl. The molecule has 2 aliphatic rings. The van der Waals surface area contributed by atoms with Crippen molar-refractivity contribution in [2.45, 2.75) is 38.8 Å². The molecular formula is C12H26Cl2N2O. The van der Waals surface area contributed by atoms with Crippen LogP contribution in [0.15, 0.2) is 0 Å². The van der Waals surface area contributed by atoms with Crippen LogP contribution in [0.4, 0.5) is 0 Å². The highest BCUT2D eigenvalue weighted by molar-refractivity contribution is 5.85. The molecule has 0 spiro atoms. The Labute approximate surface area is 117 Å². The number of hydrogen-bond acceptors (Lipinski definition) is 3. The van der Waals surface area contributed by atoms with Crippen LogP contribution >= 0.6 is 24.8 Å². The molecule has 0 bridgehead atoms. The highest BCUT2D eigenvalue weighted by Crippen LogP contribution is 2.27. The van der Waals surface area contributed by atoms with Crippen LogP contribution < -0.4 is 5.73 Å².